The van der Waals surface area contributed by atoms with Gasteiger partial charge in [0.05, 0.1) is 0 Å². The lowest BCUT2D eigenvalue weighted by Gasteiger charge is -2.23. The quantitative estimate of drug-likeness (QED) is 0.0820. The zero-order valence-corrected chi connectivity index (χ0v) is 26.8. The van der Waals surface area contributed by atoms with Crippen LogP contribution in [0.1, 0.15) is 125 Å². The third-order valence-corrected chi connectivity index (χ3v) is 12.8. The highest BCUT2D eigenvalue weighted by atomic mass is 35.8. The number of hydrogen-bond donors (Lipinski definition) is 0. The Labute approximate surface area is 221 Å². The molecule has 0 rings (SSSR count). The summed E-state index contributed by atoms with van der Waals surface area (Å²) in [6, 6.07) is 0.668. The van der Waals surface area contributed by atoms with Crippen LogP contribution in [0.5, 0.6) is 0 Å². The first-order chi connectivity index (χ1) is 14.5. The highest BCUT2D eigenvalue weighted by Gasteiger charge is 2.30. The van der Waals surface area contributed by atoms with E-state index in [0.29, 0.717) is 5.92 Å². The summed E-state index contributed by atoms with van der Waals surface area (Å²) in [5, 5.41) is 0. The van der Waals surface area contributed by atoms with E-state index >= 15 is 0 Å². The normalized spacial score (nSPS) is 14.1. The molecule has 0 saturated heterocycles. The van der Waals surface area contributed by atoms with Crippen LogP contribution in [0.25, 0.3) is 0 Å². The monoisotopic (exact) mass is 570 g/mol. The van der Waals surface area contributed by atoms with Gasteiger partial charge >= 0.3 is 6.00 Å². The molecular weight excluding hydrogens is 522 g/mol. The van der Waals surface area contributed by atoms with E-state index in [2.05, 4.69) is 34.6 Å². The lowest BCUT2D eigenvalue weighted by atomic mass is 10.0. The van der Waals surface area contributed by atoms with Crippen LogP contribution in [0, 0.1) is 11.8 Å². The van der Waals surface area contributed by atoms with E-state index in [9.17, 15) is 0 Å². The van der Waals surface area contributed by atoms with Gasteiger partial charge in [0.1, 0.15) is 0 Å². The summed E-state index contributed by atoms with van der Waals surface area (Å²) < 4.78 is 0. The second-order valence-corrected chi connectivity index (χ2v) is 26.0. The van der Waals surface area contributed by atoms with Crippen LogP contribution in [0.3, 0.4) is 0 Å². The number of rotatable bonds is 19. The molecule has 0 aliphatic rings. The minimum absolute atomic E-state index is 0.629. The van der Waals surface area contributed by atoms with Gasteiger partial charge in [-0.3, -0.25) is 0 Å². The van der Waals surface area contributed by atoms with Crippen LogP contribution in [-0.2, 0) is 0 Å². The highest BCUT2D eigenvalue weighted by Crippen LogP contribution is 2.35. The zero-order valence-electron chi connectivity index (χ0n) is 21.1. The van der Waals surface area contributed by atoms with Crippen molar-refractivity contribution in [1.29, 1.82) is 0 Å². The van der Waals surface area contributed by atoms with E-state index in [-0.39, 0.29) is 0 Å². The fraction of sp³-hybridized carbons (Fsp3) is 1.00. The zero-order chi connectivity index (χ0) is 24.2. The molecule has 0 heterocycles. The molecule has 0 amide bonds. The van der Waals surface area contributed by atoms with Gasteiger partial charge in [-0.1, -0.05) is 125 Å². The summed E-state index contributed by atoms with van der Waals surface area (Å²) in [5.41, 5.74) is 0. The van der Waals surface area contributed by atoms with Gasteiger partial charge in [-0.05, 0) is 30.0 Å². The first kappa shape index (κ1) is 35.0. The molecule has 0 aromatic rings. The van der Waals surface area contributed by atoms with Gasteiger partial charge < -0.3 is 0 Å². The van der Waals surface area contributed by atoms with Crippen LogP contribution in [0.2, 0.25) is 18.1 Å². The maximum atomic E-state index is 6.63. The standard InChI is InChI=1S/C16H34Cl2Si.C8H17Cl3Si/c1-4-7-9-10-11-12-14-19(17,18)15-16(6-3)13-8-5-2;1-3-5-6-8(4-2)7-12(9,10)11/h16H,4-15H2,1-3H3;8H,3-7H2,1-2H3. The molecule has 0 saturated carbocycles. The van der Waals surface area contributed by atoms with Gasteiger partial charge in [-0.15, -0.1) is 55.4 Å². The molecule has 0 fully saturated rings. The second-order valence-electron chi connectivity index (χ2n) is 9.23. The summed E-state index contributed by atoms with van der Waals surface area (Å²) in [4.78, 5) is 0. The average molecular weight is 573 g/mol. The van der Waals surface area contributed by atoms with E-state index in [1.165, 1.54) is 83.5 Å². The Kier molecular flexibility index (Phi) is 25.3. The van der Waals surface area contributed by atoms with E-state index in [4.69, 9.17) is 55.4 Å². The first-order valence-corrected chi connectivity index (χ1v) is 22.7. The van der Waals surface area contributed by atoms with Gasteiger partial charge in [0.2, 0.25) is 0 Å². The van der Waals surface area contributed by atoms with Gasteiger partial charge in [0.15, 0.2) is 0 Å². The third kappa shape index (κ3) is 26.3. The Morgan fingerprint density at radius 1 is 0.516 bits per heavy atom. The van der Waals surface area contributed by atoms with Crippen molar-refractivity contribution in [3.8, 4) is 0 Å². The highest BCUT2D eigenvalue weighted by molar-refractivity contribution is 7.64. The molecule has 190 valence electrons. The van der Waals surface area contributed by atoms with Crippen molar-refractivity contribution in [2.75, 3.05) is 0 Å². The molecule has 7 heteroatoms. The number of halogens is 5. The van der Waals surface area contributed by atoms with Gasteiger partial charge in [-0.25, -0.2) is 0 Å². The fourth-order valence-corrected chi connectivity index (χ4v) is 11.4. The van der Waals surface area contributed by atoms with Crippen LogP contribution < -0.4 is 0 Å². The van der Waals surface area contributed by atoms with Crippen LogP contribution in [0.4, 0.5) is 0 Å². The molecule has 2 atom stereocenters. The average Bonchev–Trinajstić information content (AvgIpc) is 2.70. The van der Waals surface area contributed by atoms with Crippen molar-refractivity contribution in [3.63, 3.8) is 0 Å². The molecule has 0 bridgehead atoms. The smallest absolute Gasteiger partial charge is 0.146 e. The van der Waals surface area contributed by atoms with Crippen LogP contribution in [-0.4, -0.2) is 12.7 Å². The molecule has 0 aromatic heterocycles. The molecule has 0 aliphatic heterocycles. The Morgan fingerprint density at radius 3 is 1.35 bits per heavy atom. The Balaban J connectivity index is 0. The summed E-state index contributed by atoms with van der Waals surface area (Å²) in [6.07, 6.45) is 18.0. The van der Waals surface area contributed by atoms with E-state index in [0.717, 1.165) is 30.5 Å². The minimum Gasteiger partial charge on any atom is -0.146 e. The Bertz CT molecular complexity index is 375. The molecule has 0 aromatic carbocycles. The predicted molar refractivity (Wildman–Crippen MR) is 155 cm³/mol. The lowest BCUT2D eigenvalue weighted by Crippen LogP contribution is -2.23. The molecule has 0 N–H and O–H groups in total. The van der Waals surface area contributed by atoms with E-state index in [1.807, 2.05) is 0 Å². The number of hydrogen-bond acceptors (Lipinski definition) is 0. The van der Waals surface area contributed by atoms with Crippen LogP contribution >= 0.6 is 55.4 Å². The van der Waals surface area contributed by atoms with E-state index in [1.54, 1.807) is 0 Å². The largest absolute Gasteiger partial charge is 0.341 e. The maximum Gasteiger partial charge on any atom is 0.341 e. The second kappa shape index (κ2) is 22.4. The molecule has 0 radical (unpaired) electrons. The SMILES string of the molecule is CCCCC(CC)C[Si](Cl)(Cl)Cl.CCCCCCCC[Si](Cl)(Cl)CC(CC)CCCC. The van der Waals surface area contributed by atoms with Crippen molar-refractivity contribution < 1.29 is 0 Å². The lowest BCUT2D eigenvalue weighted by molar-refractivity contribution is 0.487. The first-order valence-electron chi connectivity index (χ1n) is 13.0. The van der Waals surface area contributed by atoms with Crippen LogP contribution in [0.15, 0.2) is 0 Å². The summed E-state index contributed by atoms with van der Waals surface area (Å²) in [7, 11) is 0. The van der Waals surface area contributed by atoms with Crippen molar-refractivity contribution >= 4 is 68.1 Å². The maximum absolute atomic E-state index is 6.63. The van der Waals surface area contributed by atoms with E-state index < -0.39 is 12.7 Å². The molecule has 31 heavy (non-hydrogen) atoms. The summed E-state index contributed by atoms with van der Waals surface area (Å²) >= 11 is 30.8. The van der Waals surface area contributed by atoms with Crippen molar-refractivity contribution in [2.45, 2.75) is 143 Å². The van der Waals surface area contributed by atoms with Gasteiger partial charge in [0.25, 0.3) is 6.69 Å². The molecular formula is C24H51Cl5Si2. The molecule has 0 nitrogen and oxygen atoms in total. The van der Waals surface area contributed by atoms with Crippen molar-refractivity contribution in [2.24, 2.45) is 11.8 Å². The third-order valence-electron chi connectivity index (χ3n) is 6.09. The Morgan fingerprint density at radius 2 is 0.935 bits per heavy atom. The Hall–Kier alpha value is 1.88. The summed E-state index contributed by atoms with van der Waals surface area (Å²) in [5.74, 6) is 1.39. The van der Waals surface area contributed by atoms with Crippen molar-refractivity contribution in [3.05, 3.63) is 0 Å². The molecule has 2 unspecified atom stereocenters. The number of unbranched alkanes of at least 4 members (excludes halogenated alkanes) is 7. The van der Waals surface area contributed by atoms with Crippen molar-refractivity contribution in [1.82, 2.24) is 0 Å². The predicted octanol–water partition coefficient (Wildman–Crippen LogP) is 12.3. The fourth-order valence-electron chi connectivity index (χ4n) is 3.90. The summed E-state index contributed by atoms with van der Waals surface area (Å²) in [6.45, 7) is 9.20. The minimum atomic E-state index is -2.37. The molecule has 0 aliphatic carbocycles. The topological polar surface area (TPSA) is 0 Å². The van der Waals surface area contributed by atoms with Gasteiger partial charge in [-0.2, -0.15) is 0 Å². The molecule has 0 spiro atoms. The van der Waals surface area contributed by atoms with Gasteiger partial charge in [0, 0.05) is 0 Å².